The number of anilines is 2. The highest BCUT2D eigenvalue weighted by atomic mass is 35.5. The fourth-order valence-corrected chi connectivity index (χ4v) is 3.32. The van der Waals surface area contributed by atoms with Crippen LogP contribution in [0.3, 0.4) is 0 Å². The molecular weight excluding hydrogens is 424 g/mol. The summed E-state index contributed by atoms with van der Waals surface area (Å²) in [7, 11) is 1.48. The molecule has 0 aromatic heterocycles. The second-order valence-corrected chi connectivity index (χ2v) is 6.86. The van der Waals surface area contributed by atoms with Crippen molar-refractivity contribution in [2.45, 2.75) is 6.92 Å². The molecule has 1 N–H and O–H groups in total. The first-order valence-corrected chi connectivity index (χ1v) is 9.85. The van der Waals surface area contributed by atoms with Crippen molar-refractivity contribution in [2.75, 3.05) is 37.1 Å². The van der Waals surface area contributed by atoms with Crippen LogP contribution in [0.1, 0.15) is 12.5 Å². The number of methoxy groups -OCH3 is 1. The van der Waals surface area contributed by atoms with Gasteiger partial charge in [0.1, 0.15) is 6.54 Å². The molecule has 1 heterocycles. The van der Waals surface area contributed by atoms with Crippen molar-refractivity contribution in [1.82, 2.24) is 0 Å². The first-order chi connectivity index (χ1) is 14.9. The number of hydrogen-bond donors (Lipinski definition) is 1. The summed E-state index contributed by atoms with van der Waals surface area (Å²) in [5, 5.41) is 3.02. The first-order valence-electron chi connectivity index (χ1n) is 9.47. The summed E-state index contributed by atoms with van der Waals surface area (Å²) in [6.45, 7) is 1.60. The Balaban J connectivity index is 1.64. The molecule has 2 amide bonds. The Hall–Kier alpha value is -3.52. The number of carbonyl (C=O) groups is 3. The molecule has 0 radical (unpaired) electrons. The Morgan fingerprint density at radius 3 is 2.77 bits per heavy atom. The summed E-state index contributed by atoms with van der Waals surface area (Å²) < 4.78 is 15.8. The highest BCUT2D eigenvalue weighted by molar-refractivity contribution is 6.32. The van der Waals surface area contributed by atoms with Gasteiger partial charge in [-0.2, -0.15) is 0 Å². The maximum Gasteiger partial charge on any atom is 0.331 e. The van der Waals surface area contributed by atoms with E-state index in [1.54, 1.807) is 36.4 Å². The monoisotopic (exact) mass is 444 g/mol. The highest BCUT2D eigenvalue weighted by Crippen LogP contribution is 2.36. The normalized spacial score (nSPS) is 12.9. The molecule has 8 nitrogen and oxygen atoms in total. The molecule has 0 aliphatic carbocycles. The van der Waals surface area contributed by atoms with Crippen molar-refractivity contribution in [3.63, 3.8) is 0 Å². The van der Waals surface area contributed by atoms with E-state index in [-0.39, 0.29) is 12.5 Å². The topological polar surface area (TPSA) is 94.2 Å². The van der Waals surface area contributed by atoms with E-state index < -0.39 is 18.5 Å². The lowest BCUT2D eigenvalue weighted by Crippen LogP contribution is -2.43. The first kappa shape index (κ1) is 22.2. The minimum absolute atomic E-state index is 0.145. The van der Waals surface area contributed by atoms with Gasteiger partial charge >= 0.3 is 5.97 Å². The van der Waals surface area contributed by atoms with Crippen molar-refractivity contribution >= 4 is 46.8 Å². The number of esters is 1. The maximum absolute atomic E-state index is 12.5. The third-order valence-electron chi connectivity index (χ3n) is 4.36. The van der Waals surface area contributed by atoms with E-state index in [9.17, 15) is 14.4 Å². The number of fused-ring (bicyclic) bond motifs is 1. The lowest BCUT2D eigenvalue weighted by Gasteiger charge is -2.28. The average Bonchev–Trinajstić information content (AvgIpc) is 2.75. The summed E-state index contributed by atoms with van der Waals surface area (Å²) in [6.07, 6.45) is 2.67. The molecule has 0 saturated carbocycles. The minimum atomic E-state index is -0.715. The summed E-state index contributed by atoms with van der Waals surface area (Å²) in [6, 6.07) is 10.2. The van der Waals surface area contributed by atoms with Crippen LogP contribution in [0, 0.1) is 0 Å². The SMILES string of the molecule is CCOc1cc(/C=C/C(=O)OCC(=O)N2CC(=O)Nc3ccccc32)cc(Cl)c1OC. The van der Waals surface area contributed by atoms with E-state index in [0.717, 1.165) is 0 Å². The average molecular weight is 445 g/mol. The zero-order chi connectivity index (χ0) is 22.4. The van der Waals surface area contributed by atoms with Crippen molar-refractivity contribution < 1.29 is 28.6 Å². The fourth-order valence-electron chi connectivity index (χ4n) is 3.02. The molecule has 31 heavy (non-hydrogen) atoms. The largest absolute Gasteiger partial charge is 0.491 e. The maximum atomic E-state index is 12.5. The van der Waals surface area contributed by atoms with Gasteiger partial charge in [0.2, 0.25) is 5.91 Å². The molecule has 0 spiro atoms. The molecule has 9 heteroatoms. The van der Waals surface area contributed by atoms with Gasteiger partial charge in [0.05, 0.1) is 30.1 Å². The van der Waals surface area contributed by atoms with Gasteiger partial charge in [-0.1, -0.05) is 23.7 Å². The molecule has 3 rings (SSSR count). The van der Waals surface area contributed by atoms with Crippen LogP contribution in [-0.2, 0) is 19.1 Å². The third kappa shape index (κ3) is 5.35. The molecule has 0 saturated heterocycles. The molecule has 0 unspecified atom stereocenters. The number of halogens is 1. The Labute approximate surface area is 184 Å². The van der Waals surface area contributed by atoms with Crippen LogP contribution >= 0.6 is 11.6 Å². The molecule has 0 atom stereocenters. The van der Waals surface area contributed by atoms with Crippen LogP contribution in [0.5, 0.6) is 11.5 Å². The van der Waals surface area contributed by atoms with Gasteiger partial charge in [-0.3, -0.25) is 14.5 Å². The molecule has 1 aliphatic rings. The van der Waals surface area contributed by atoms with Crippen molar-refractivity contribution in [3.05, 3.63) is 53.1 Å². The Kier molecular flexibility index (Phi) is 7.15. The number of rotatable bonds is 7. The quantitative estimate of drug-likeness (QED) is 0.520. The van der Waals surface area contributed by atoms with Crippen molar-refractivity contribution in [1.29, 1.82) is 0 Å². The van der Waals surface area contributed by atoms with Gasteiger partial charge in [-0.15, -0.1) is 0 Å². The lowest BCUT2D eigenvalue weighted by molar-refractivity contribution is -0.143. The number of carbonyl (C=O) groups excluding carboxylic acids is 3. The summed E-state index contributed by atoms with van der Waals surface area (Å²) in [5.41, 5.74) is 1.67. The van der Waals surface area contributed by atoms with E-state index in [4.69, 9.17) is 25.8 Å². The van der Waals surface area contributed by atoms with Gasteiger partial charge in [-0.05, 0) is 42.8 Å². The van der Waals surface area contributed by atoms with E-state index in [1.165, 1.54) is 24.2 Å². The van der Waals surface area contributed by atoms with Gasteiger partial charge in [0.25, 0.3) is 5.91 Å². The van der Waals surface area contributed by atoms with Gasteiger partial charge in [0, 0.05) is 6.08 Å². The molecule has 0 bridgehead atoms. The number of nitrogens with one attached hydrogen (secondary N) is 1. The zero-order valence-electron chi connectivity index (χ0n) is 17.0. The molecule has 162 valence electrons. The van der Waals surface area contributed by atoms with E-state index in [0.29, 0.717) is 40.1 Å². The van der Waals surface area contributed by atoms with Crippen LogP contribution in [0.4, 0.5) is 11.4 Å². The number of para-hydroxylation sites is 2. The van der Waals surface area contributed by atoms with Crippen LogP contribution in [0.15, 0.2) is 42.5 Å². The number of hydrogen-bond acceptors (Lipinski definition) is 6. The van der Waals surface area contributed by atoms with Gasteiger partial charge in [-0.25, -0.2) is 4.79 Å². The number of ether oxygens (including phenoxy) is 3. The van der Waals surface area contributed by atoms with Crippen molar-refractivity contribution in [3.8, 4) is 11.5 Å². The van der Waals surface area contributed by atoms with Gasteiger partial charge < -0.3 is 19.5 Å². The number of amides is 2. The van der Waals surface area contributed by atoms with Crippen LogP contribution in [-0.4, -0.2) is 44.7 Å². The van der Waals surface area contributed by atoms with Crippen LogP contribution < -0.4 is 19.7 Å². The fraction of sp³-hybridized carbons (Fsp3) is 0.227. The zero-order valence-corrected chi connectivity index (χ0v) is 17.8. The second-order valence-electron chi connectivity index (χ2n) is 6.45. The Morgan fingerprint density at radius 2 is 2.03 bits per heavy atom. The van der Waals surface area contributed by atoms with E-state index in [2.05, 4.69) is 5.32 Å². The summed E-state index contributed by atoms with van der Waals surface area (Å²) in [5.74, 6) is -0.689. The number of nitrogens with zero attached hydrogens (tertiary/aromatic N) is 1. The Bertz CT molecular complexity index is 1040. The lowest BCUT2D eigenvalue weighted by atomic mass is 10.2. The summed E-state index contributed by atoms with van der Waals surface area (Å²) in [4.78, 5) is 37.7. The van der Waals surface area contributed by atoms with E-state index in [1.807, 2.05) is 6.92 Å². The highest BCUT2D eigenvalue weighted by Gasteiger charge is 2.27. The van der Waals surface area contributed by atoms with Gasteiger partial charge in [0.15, 0.2) is 18.1 Å². The van der Waals surface area contributed by atoms with E-state index >= 15 is 0 Å². The van der Waals surface area contributed by atoms with Crippen LogP contribution in [0.25, 0.3) is 6.08 Å². The predicted octanol–water partition coefficient (Wildman–Crippen LogP) is 3.29. The third-order valence-corrected chi connectivity index (χ3v) is 4.64. The predicted molar refractivity (Wildman–Crippen MR) is 117 cm³/mol. The molecule has 2 aromatic carbocycles. The minimum Gasteiger partial charge on any atom is -0.491 e. The Morgan fingerprint density at radius 1 is 1.26 bits per heavy atom. The number of benzene rings is 2. The summed E-state index contributed by atoms with van der Waals surface area (Å²) >= 11 is 6.19. The smallest absolute Gasteiger partial charge is 0.331 e. The van der Waals surface area contributed by atoms with Crippen molar-refractivity contribution in [2.24, 2.45) is 0 Å². The molecule has 0 fully saturated rings. The molecular formula is C22H21ClN2O6. The molecule has 2 aromatic rings. The molecule has 1 aliphatic heterocycles. The van der Waals surface area contributed by atoms with Crippen LogP contribution in [0.2, 0.25) is 5.02 Å². The second kappa shape index (κ2) is 9.99. The standard InChI is InChI=1S/C22H21ClN2O6/c1-3-30-18-11-14(10-15(23)22(18)29-2)8-9-21(28)31-13-20(27)25-12-19(26)24-16-6-4-5-7-17(16)25/h4-11H,3,12-13H2,1-2H3,(H,24,26)/b9-8+.